The molecule has 1 aromatic heterocycles. The van der Waals surface area contributed by atoms with Gasteiger partial charge in [-0.2, -0.15) is 5.26 Å². The molecule has 2 N–H and O–H groups in total. The third kappa shape index (κ3) is 3.23. The highest BCUT2D eigenvalue weighted by molar-refractivity contribution is 5.68. The zero-order valence-corrected chi connectivity index (χ0v) is 8.14. The Hall–Kier alpha value is -2.16. The van der Waals surface area contributed by atoms with Crippen molar-refractivity contribution in [2.45, 2.75) is 19.4 Å². The third-order valence-electron chi connectivity index (χ3n) is 1.67. The van der Waals surface area contributed by atoms with Crippen LogP contribution in [0.1, 0.15) is 19.0 Å². The fraction of sp³-hybridized carbons (Fsp3) is 0.333. The summed E-state index contributed by atoms with van der Waals surface area (Å²) < 4.78 is 0. The van der Waals surface area contributed by atoms with E-state index in [9.17, 15) is 4.79 Å². The molecule has 1 atom stereocenters. The van der Waals surface area contributed by atoms with Crippen molar-refractivity contribution in [3.63, 3.8) is 0 Å². The molecule has 0 bridgehead atoms. The monoisotopic (exact) mass is 206 g/mol. The quantitative estimate of drug-likeness (QED) is 0.749. The van der Waals surface area contributed by atoms with Crippen molar-refractivity contribution in [2.24, 2.45) is 0 Å². The highest BCUT2D eigenvalue weighted by Crippen LogP contribution is 2.09. The van der Waals surface area contributed by atoms with Gasteiger partial charge in [0.1, 0.15) is 6.07 Å². The number of anilines is 1. The summed E-state index contributed by atoms with van der Waals surface area (Å²) in [5.41, 5.74) is 0.162. The molecule has 1 unspecified atom stereocenters. The predicted octanol–water partition coefficient (Wildman–Crippen LogP) is 0.623. The lowest BCUT2D eigenvalue weighted by Crippen LogP contribution is -2.20. The lowest BCUT2D eigenvalue weighted by Gasteiger charge is -2.11. The highest BCUT2D eigenvalue weighted by Gasteiger charge is 2.10. The smallest absolute Gasteiger partial charge is 0.305 e. The van der Waals surface area contributed by atoms with Gasteiger partial charge in [0.25, 0.3) is 0 Å². The second-order valence-corrected chi connectivity index (χ2v) is 3.01. The second kappa shape index (κ2) is 4.91. The number of hydrogen-bond acceptors (Lipinski definition) is 5. The van der Waals surface area contributed by atoms with Gasteiger partial charge in [-0.3, -0.25) is 4.79 Å². The summed E-state index contributed by atoms with van der Waals surface area (Å²) in [6.07, 6.45) is 2.81. The van der Waals surface area contributed by atoms with Crippen LogP contribution in [0.15, 0.2) is 12.4 Å². The lowest BCUT2D eigenvalue weighted by atomic mass is 10.2. The number of nitriles is 1. The van der Waals surface area contributed by atoms with Crippen molar-refractivity contribution < 1.29 is 9.90 Å². The first-order valence-electron chi connectivity index (χ1n) is 4.33. The maximum absolute atomic E-state index is 10.4. The first-order valence-corrected chi connectivity index (χ1v) is 4.33. The van der Waals surface area contributed by atoms with E-state index in [0.717, 1.165) is 0 Å². The van der Waals surface area contributed by atoms with Crippen LogP contribution in [0.4, 0.5) is 5.82 Å². The van der Waals surface area contributed by atoms with Crippen molar-refractivity contribution in [3.05, 3.63) is 18.1 Å². The maximum Gasteiger partial charge on any atom is 0.305 e. The molecular formula is C9H10N4O2. The molecule has 0 amide bonds. The zero-order chi connectivity index (χ0) is 11.3. The zero-order valence-electron chi connectivity index (χ0n) is 8.14. The van der Waals surface area contributed by atoms with Gasteiger partial charge in [0.15, 0.2) is 11.5 Å². The van der Waals surface area contributed by atoms with Crippen LogP contribution >= 0.6 is 0 Å². The van der Waals surface area contributed by atoms with Crippen molar-refractivity contribution in [1.29, 1.82) is 5.26 Å². The minimum absolute atomic E-state index is 0.0402. The Kier molecular flexibility index (Phi) is 3.57. The number of carboxylic acid groups (broad SMARTS) is 1. The third-order valence-corrected chi connectivity index (χ3v) is 1.67. The van der Waals surface area contributed by atoms with Crippen LogP contribution in [0.3, 0.4) is 0 Å². The van der Waals surface area contributed by atoms with E-state index in [1.54, 1.807) is 6.92 Å². The van der Waals surface area contributed by atoms with E-state index in [4.69, 9.17) is 10.4 Å². The number of aliphatic carboxylic acids is 1. The summed E-state index contributed by atoms with van der Waals surface area (Å²) in [5, 5.41) is 20.1. The lowest BCUT2D eigenvalue weighted by molar-refractivity contribution is -0.137. The van der Waals surface area contributed by atoms with E-state index in [1.165, 1.54) is 12.4 Å². The van der Waals surface area contributed by atoms with E-state index in [2.05, 4.69) is 15.3 Å². The standard InChI is InChI=1S/C9H10N4O2/c1-6(4-8(14)15)13-9-7(5-10)11-2-3-12-9/h2-3,6H,4H2,1H3,(H,12,13)(H,14,15). The fourth-order valence-electron chi connectivity index (χ4n) is 1.07. The van der Waals surface area contributed by atoms with Crippen molar-refractivity contribution in [1.82, 2.24) is 9.97 Å². The predicted molar refractivity (Wildman–Crippen MR) is 52.1 cm³/mol. The number of carbonyl (C=O) groups is 1. The number of aromatic nitrogens is 2. The molecule has 0 saturated heterocycles. The summed E-state index contributed by atoms with van der Waals surface area (Å²) >= 11 is 0. The van der Waals surface area contributed by atoms with Gasteiger partial charge in [-0.1, -0.05) is 0 Å². The average Bonchev–Trinajstić information content (AvgIpc) is 2.17. The number of rotatable bonds is 4. The molecule has 1 aromatic rings. The number of hydrogen-bond donors (Lipinski definition) is 2. The van der Waals surface area contributed by atoms with Crippen LogP contribution < -0.4 is 5.32 Å². The summed E-state index contributed by atoms with van der Waals surface area (Å²) in [7, 11) is 0. The van der Waals surface area contributed by atoms with E-state index in [1.807, 2.05) is 6.07 Å². The number of nitrogens with one attached hydrogen (secondary N) is 1. The molecule has 78 valence electrons. The molecule has 6 nitrogen and oxygen atoms in total. The Bertz CT molecular complexity index is 399. The van der Waals surface area contributed by atoms with E-state index >= 15 is 0 Å². The van der Waals surface area contributed by atoms with Crippen LogP contribution in [0.2, 0.25) is 0 Å². The molecule has 15 heavy (non-hydrogen) atoms. The Labute approximate surface area is 86.6 Å². The van der Waals surface area contributed by atoms with Crippen molar-refractivity contribution >= 4 is 11.8 Å². The molecule has 0 radical (unpaired) electrons. The number of nitrogens with zero attached hydrogens (tertiary/aromatic N) is 3. The minimum atomic E-state index is -0.905. The largest absolute Gasteiger partial charge is 0.481 e. The Morgan fingerprint density at radius 3 is 2.93 bits per heavy atom. The van der Waals surface area contributed by atoms with Crippen LogP contribution in [-0.4, -0.2) is 27.1 Å². The highest BCUT2D eigenvalue weighted by atomic mass is 16.4. The molecule has 0 aliphatic rings. The molecule has 0 fully saturated rings. The molecule has 0 aliphatic carbocycles. The second-order valence-electron chi connectivity index (χ2n) is 3.01. The first kappa shape index (κ1) is 10.9. The van der Waals surface area contributed by atoms with Gasteiger partial charge < -0.3 is 10.4 Å². The normalized spacial score (nSPS) is 11.5. The molecule has 0 aliphatic heterocycles. The molecule has 6 heteroatoms. The Balaban J connectivity index is 2.72. The van der Waals surface area contributed by atoms with Gasteiger partial charge in [-0.15, -0.1) is 0 Å². The van der Waals surface area contributed by atoms with Gasteiger partial charge in [0.2, 0.25) is 0 Å². The molecule has 1 rings (SSSR count). The van der Waals surface area contributed by atoms with Gasteiger partial charge in [0.05, 0.1) is 6.42 Å². The summed E-state index contributed by atoms with van der Waals surface area (Å²) in [6, 6.07) is 1.57. The molecule has 0 spiro atoms. The molecular weight excluding hydrogens is 196 g/mol. The van der Waals surface area contributed by atoms with Crippen LogP contribution in [0, 0.1) is 11.3 Å². The average molecular weight is 206 g/mol. The van der Waals surface area contributed by atoms with Gasteiger partial charge in [-0.05, 0) is 6.92 Å². The molecule has 0 aromatic carbocycles. The van der Waals surface area contributed by atoms with Gasteiger partial charge in [0, 0.05) is 18.4 Å². The van der Waals surface area contributed by atoms with Crippen LogP contribution in [0.25, 0.3) is 0 Å². The van der Waals surface area contributed by atoms with E-state index in [-0.39, 0.29) is 18.2 Å². The van der Waals surface area contributed by atoms with E-state index in [0.29, 0.717) is 5.82 Å². The summed E-state index contributed by atoms with van der Waals surface area (Å²) in [4.78, 5) is 18.1. The van der Waals surface area contributed by atoms with E-state index < -0.39 is 5.97 Å². The minimum Gasteiger partial charge on any atom is -0.481 e. The SMILES string of the molecule is CC(CC(=O)O)Nc1nccnc1C#N. The topological polar surface area (TPSA) is 98.9 Å². The summed E-state index contributed by atoms with van der Waals surface area (Å²) in [6.45, 7) is 1.70. The van der Waals surface area contributed by atoms with Crippen molar-refractivity contribution in [2.75, 3.05) is 5.32 Å². The van der Waals surface area contributed by atoms with Crippen LogP contribution in [0.5, 0.6) is 0 Å². The number of carboxylic acids is 1. The van der Waals surface area contributed by atoms with Crippen molar-refractivity contribution in [3.8, 4) is 6.07 Å². The first-order chi connectivity index (χ1) is 7.13. The Morgan fingerprint density at radius 2 is 2.33 bits per heavy atom. The van der Waals surface area contributed by atoms with Gasteiger partial charge in [-0.25, -0.2) is 9.97 Å². The van der Waals surface area contributed by atoms with Gasteiger partial charge >= 0.3 is 5.97 Å². The summed E-state index contributed by atoms with van der Waals surface area (Å²) in [5.74, 6) is -0.592. The molecule has 0 saturated carbocycles. The molecule has 1 heterocycles. The fourth-order valence-corrected chi connectivity index (χ4v) is 1.07. The van der Waals surface area contributed by atoms with Crippen LogP contribution in [-0.2, 0) is 4.79 Å². The maximum atomic E-state index is 10.4. The Morgan fingerprint density at radius 1 is 1.67 bits per heavy atom.